The summed E-state index contributed by atoms with van der Waals surface area (Å²) < 4.78 is 6.42. The van der Waals surface area contributed by atoms with Gasteiger partial charge in [-0.2, -0.15) is 0 Å². The van der Waals surface area contributed by atoms with E-state index in [2.05, 4.69) is 25.9 Å². The zero-order valence-corrected chi connectivity index (χ0v) is 22.5. The lowest BCUT2D eigenvalue weighted by atomic mass is 9.63. The fraction of sp³-hybridized carbons (Fsp3) is 0.161. The Morgan fingerprint density at radius 3 is 1.30 bits per heavy atom. The topological polar surface area (TPSA) is 210 Å². The van der Waals surface area contributed by atoms with Crippen LogP contribution >= 0.6 is 0 Å². The number of ether oxygens (including phenoxy) is 1. The van der Waals surface area contributed by atoms with E-state index in [1.165, 1.54) is 73.8 Å². The predicted octanol–water partition coefficient (Wildman–Crippen LogP) is 3.48. The van der Waals surface area contributed by atoms with Crippen LogP contribution in [0.2, 0.25) is 0 Å². The van der Waals surface area contributed by atoms with Gasteiger partial charge in [0.05, 0.1) is 28.4 Å². The van der Waals surface area contributed by atoms with Gasteiger partial charge in [0.25, 0.3) is 0 Å². The third kappa shape index (κ3) is 5.21. The highest BCUT2D eigenvalue weighted by atomic mass is 16.5. The summed E-state index contributed by atoms with van der Waals surface area (Å²) in [6, 6.07) is 4.98. The molecule has 13 heteroatoms. The molecule has 5 atom stereocenters. The number of hydrogen-bond donors (Lipinski definition) is 4. The third-order valence-electron chi connectivity index (χ3n) is 7.60. The zero-order valence-electron chi connectivity index (χ0n) is 22.5. The molecule has 4 aromatic rings. The van der Waals surface area contributed by atoms with Crippen molar-refractivity contribution in [3.8, 4) is 12.3 Å². The van der Waals surface area contributed by atoms with Gasteiger partial charge in [-0.1, -0.05) is 5.92 Å². The lowest BCUT2D eigenvalue weighted by Gasteiger charge is -2.47. The van der Waals surface area contributed by atoms with Gasteiger partial charge >= 0.3 is 23.9 Å². The number of nitrogens with zero attached hydrogens (tertiary/aromatic N) is 4. The molecule has 1 aliphatic heterocycles. The van der Waals surface area contributed by atoms with Crippen molar-refractivity contribution in [2.45, 2.75) is 30.0 Å². The number of hydrogen-bond acceptors (Lipinski definition) is 9. The number of rotatable bonds is 8. The molecule has 0 amide bonds. The largest absolute Gasteiger partial charge is 0.478 e. The van der Waals surface area contributed by atoms with Gasteiger partial charge in [-0.15, -0.1) is 6.42 Å². The Morgan fingerprint density at radius 2 is 0.909 bits per heavy atom. The molecule has 220 valence electrons. The minimum atomic E-state index is -1.35. The standard InChI is InChI=1S/C31H22N4O9/c1-2-23-24(19-11-32-7-3-15(19)28(36)37)25(20-12-33-8-4-16(20)29(38)39)26(21-13-34-9-5-17(21)30(40)41)27(44-23)22-14-35-10-6-18(22)31(42)43/h1,3-14,23-27H,(H,36,37)(H,38,39)(H,40,41)(H,42,43)/t23-,24-,25-,26-,27?/m1/s1. The Morgan fingerprint density at radius 1 is 0.568 bits per heavy atom. The molecule has 1 aliphatic rings. The maximum atomic E-state index is 12.5. The lowest BCUT2D eigenvalue weighted by Crippen LogP contribution is -2.42. The Kier molecular flexibility index (Phi) is 8.10. The fourth-order valence-corrected chi connectivity index (χ4v) is 5.87. The zero-order chi connectivity index (χ0) is 31.5. The molecule has 44 heavy (non-hydrogen) atoms. The van der Waals surface area contributed by atoms with E-state index in [0.717, 1.165) is 0 Å². The SMILES string of the molecule is C#C[C@H]1OC(c2cnccc2C(=O)O)[C@H](c2cnccc2C(=O)O)[C@H](c2cnccc2C(=O)O)[C@@H]1c1cnccc1C(=O)O. The maximum absolute atomic E-state index is 12.5. The number of aromatic carboxylic acids is 4. The Labute approximate surface area is 248 Å². The Bertz CT molecular complexity index is 1840. The van der Waals surface area contributed by atoms with Crippen LogP contribution in [0.1, 0.15) is 87.5 Å². The summed E-state index contributed by atoms with van der Waals surface area (Å²) in [5.41, 5.74) is -0.632. The van der Waals surface area contributed by atoms with Gasteiger partial charge < -0.3 is 25.2 Å². The monoisotopic (exact) mass is 594 g/mol. The first-order chi connectivity index (χ1) is 21.1. The van der Waals surface area contributed by atoms with Crippen LogP contribution in [0.5, 0.6) is 0 Å². The van der Waals surface area contributed by atoms with Crippen molar-refractivity contribution < 1.29 is 44.3 Å². The molecular formula is C31H22N4O9. The average Bonchev–Trinajstić information content (AvgIpc) is 3.03. The fourth-order valence-electron chi connectivity index (χ4n) is 5.87. The van der Waals surface area contributed by atoms with Crippen LogP contribution in [-0.4, -0.2) is 70.3 Å². The van der Waals surface area contributed by atoms with Gasteiger partial charge in [-0.05, 0) is 41.0 Å². The molecule has 4 aromatic heterocycles. The van der Waals surface area contributed by atoms with Crippen LogP contribution in [0.3, 0.4) is 0 Å². The van der Waals surface area contributed by atoms with E-state index in [9.17, 15) is 39.6 Å². The van der Waals surface area contributed by atoms with Crippen LogP contribution in [0, 0.1) is 12.3 Å². The molecule has 0 radical (unpaired) electrons. The van der Waals surface area contributed by atoms with Gasteiger partial charge in [0.1, 0.15) is 6.10 Å². The second kappa shape index (κ2) is 12.1. The molecule has 0 saturated carbocycles. The number of terminal acetylenes is 1. The van der Waals surface area contributed by atoms with Crippen molar-refractivity contribution in [1.82, 2.24) is 19.9 Å². The summed E-state index contributed by atoms with van der Waals surface area (Å²) in [4.78, 5) is 66.2. The number of aromatic nitrogens is 4. The van der Waals surface area contributed by atoms with Crippen molar-refractivity contribution in [2.24, 2.45) is 0 Å². The van der Waals surface area contributed by atoms with Crippen molar-refractivity contribution in [2.75, 3.05) is 0 Å². The second-order valence-corrected chi connectivity index (χ2v) is 9.79. The minimum absolute atomic E-state index is 0.0271. The minimum Gasteiger partial charge on any atom is -0.478 e. The molecule has 1 fully saturated rings. The smallest absolute Gasteiger partial charge is 0.336 e. The van der Waals surface area contributed by atoms with E-state index in [-0.39, 0.29) is 44.5 Å². The van der Waals surface area contributed by atoms with Gasteiger partial charge in [-0.25, -0.2) is 19.2 Å². The van der Waals surface area contributed by atoms with Crippen molar-refractivity contribution in [3.05, 3.63) is 118 Å². The summed E-state index contributed by atoms with van der Waals surface area (Å²) in [5, 5.41) is 40.6. The van der Waals surface area contributed by atoms with Crippen molar-refractivity contribution >= 4 is 23.9 Å². The Balaban J connectivity index is 1.94. The molecule has 5 heterocycles. The van der Waals surface area contributed by atoms with E-state index < -0.39 is 53.8 Å². The predicted molar refractivity (Wildman–Crippen MR) is 149 cm³/mol. The number of carbonyl (C=O) groups is 4. The highest BCUT2D eigenvalue weighted by Gasteiger charge is 2.51. The highest BCUT2D eigenvalue weighted by molar-refractivity contribution is 5.92. The first-order valence-corrected chi connectivity index (χ1v) is 13.0. The number of pyridine rings is 4. The Hall–Kier alpha value is -6.00. The van der Waals surface area contributed by atoms with E-state index in [1.807, 2.05) is 0 Å². The highest BCUT2D eigenvalue weighted by Crippen LogP contribution is 2.58. The number of carboxylic acid groups (broad SMARTS) is 4. The molecule has 0 spiro atoms. The molecule has 13 nitrogen and oxygen atoms in total. The van der Waals surface area contributed by atoms with Crippen molar-refractivity contribution in [3.63, 3.8) is 0 Å². The van der Waals surface area contributed by atoms with Crippen LogP contribution in [0.4, 0.5) is 0 Å². The van der Waals surface area contributed by atoms with Crippen LogP contribution < -0.4 is 0 Å². The lowest BCUT2D eigenvalue weighted by molar-refractivity contribution is -0.0620. The summed E-state index contributed by atoms with van der Waals surface area (Å²) in [6.45, 7) is 0. The van der Waals surface area contributed by atoms with Crippen LogP contribution in [0.25, 0.3) is 0 Å². The summed E-state index contributed by atoms with van der Waals surface area (Å²) >= 11 is 0. The molecule has 5 rings (SSSR count). The van der Waals surface area contributed by atoms with Gasteiger partial charge in [-0.3, -0.25) is 19.9 Å². The summed E-state index contributed by atoms with van der Waals surface area (Å²) in [5.74, 6) is -6.36. The quantitative estimate of drug-likeness (QED) is 0.216. The normalized spacial score (nSPS) is 21.1. The maximum Gasteiger partial charge on any atom is 0.336 e. The van der Waals surface area contributed by atoms with E-state index in [1.54, 1.807) is 0 Å². The van der Waals surface area contributed by atoms with Crippen molar-refractivity contribution in [1.29, 1.82) is 0 Å². The van der Waals surface area contributed by atoms with E-state index in [0.29, 0.717) is 0 Å². The van der Waals surface area contributed by atoms with Gasteiger partial charge in [0.15, 0.2) is 0 Å². The second-order valence-electron chi connectivity index (χ2n) is 9.79. The summed E-state index contributed by atoms with van der Waals surface area (Å²) in [6.07, 6.45) is 13.5. The van der Waals surface area contributed by atoms with Crippen LogP contribution in [-0.2, 0) is 4.74 Å². The molecule has 1 saturated heterocycles. The molecule has 0 aromatic carbocycles. The average molecular weight is 595 g/mol. The van der Waals surface area contributed by atoms with E-state index in [4.69, 9.17) is 11.2 Å². The van der Waals surface area contributed by atoms with E-state index >= 15 is 0 Å². The first-order valence-electron chi connectivity index (χ1n) is 13.0. The third-order valence-corrected chi connectivity index (χ3v) is 7.60. The summed E-state index contributed by atoms with van der Waals surface area (Å²) in [7, 11) is 0. The van der Waals surface area contributed by atoms with Gasteiger partial charge in [0, 0.05) is 72.9 Å². The number of carboxylic acids is 4. The van der Waals surface area contributed by atoms with Crippen LogP contribution in [0.15, 0.2) is 73.8 Å². The molecular weight excluding hydrogens is 572 g/mol. The molecule has 1 unspecified atom stereocenters. The van der Waals surface area contributed by atoms with Gasteiger partial charge in [0.2, 0.25) is 0 Å². The molecule has 4 N–H and O–H groups in total. The molecule has 0 bridgehead atoms. The molecule has 0 aliphatic carbocycles. The first kappa shape index (κ1) is 29.5.